The second kappa shape index (κ2) is 6.99. The maximum absolute atomic E-state index is 6.44. The van der Waals surface area contributed by atoms with Gasteiger partial charge in [0, 0.05) is 22.7 Å². The predicted molar refractivity (Wildman–Crippen MR) is 98.2 cm³/mol. The van der Waals surface area contributed by atoms with Crippen molar-refractivity contribution in [3.05, 3.63) is 62.7 Å². The van der Waals surface area contributed by atoms with Crippen LogP contribution in [0.4, 0.5) is 5.69 Å². The lowest BCUT2D eigenvalue weighted by molar-refractivity contribution is 0.570. The quantitative estimate of drug-likeness (QED) is 0.731. The van der Waals surface area contributed by atoms with Crippen molar-refractivity contribution in [1.29, 1.82) is 0 Å². The Morgan fingerprint density at radius 3 is 2.71 bits per heavy atom. The van der Waals surface area contributed by atoms with E-state index in [2.05, 4.69) is 75.3 Å². The van der Waals surface area contributed by atoms with E-state index in [1.165, 1.54) is 9.13 Å². The van der Waals surface area contributed by atoms with Crippen LogP contribution in [-0.2, 0) is 0 Å². The van der Waals surface area contributed by atoms with E-state index in [-0.39, 0.29) is 0 Å². The molecule has 2 nitrogen and oxygen atoms in total. The molecule has 110 valence electrons. The molecule has 1 saturated heterocycles. The average molecular weight is 413 g/mol. The molecule has 1 aliphatic rings. The molecule has 1 atom stereocenters. The molecule has 0 radical (unpaired) electrons. The minimum absolute atomic E-state index is 0.351. The Bertz CT molecular complexity index is 603. The summed E-state index contributed by atoms with van der Waals surface area (Å²) in [4.78, 5) is 2.40. The van der Waals surface area contributed by atoms with Gasteiger partial charge in [0.25, 0.3) is 0 Å². The summed E-state index contributed by atoms with van der Waals surface area (Å²) in [7, 11) is 0. The molecule has 3 rings (SSSR count). The molecule has 2 aromatic carbocycles. The van der Waals surface area contributed by atoms with E-state index in [4.69, 9.17) is 11.6 Å². The highest BCUT2D eigenvalue weighted by Gasteiger charge is 2.20. The molecule has 2 aromatic rings. The fourth-order valence-corrected chi connectivity index (χ4v) is 3.76. The Morgan fingerprint density at radius 1 is 1.14 bits per heavy atom. The number of nitrogens with zero attached hydrogens (tertiary/aromatic N) is 1. The van der Waals surface area contributed by atoms with E-state index in [0.29, 0.717) is 6.04 Å². The third-order valence-electron chi connectivity index (χ3n) is 3.85. The van der Waals surface area contributed by atoms with Crippen LogP contribution in [0, 0.1) is 3.57 Å². The van der Waals surface area contributed by atoms with Gasteiger partial charge in [0.1, 0.15) is 0 Å². The Hall–Kier alpha value is -0.780. The van der Waals surface area contributed by atoms with E-state index in [9.17, 15) is 0 Å². The van der Waals surface area contributed by atoms with E-state index in [1.54, 1.807) is 0 Å². The van der Waals surface area contributed by atoms with Crippen LogP contribution in [0.5, 0.6) is 0 Å². The van der Waals surface area contributed by atoms with Gasteiger partial charge in [-0.1, -0.05) is 41.9 Å². The molecular weight excluding hydrogens is 395 g/mol. The van der Waals surface area contributed by atoms with E-state index >= 15 is 0 Å². The average Bonchev–Trinajstić information content (AvgIpc) is 2.74. The van der Waals surface area contributed by atoms with Crippen molar-refractivity contribution < 1.29 is 0 Å². The van der Waals surface area contributed by atoms with Crippen molar-refractivity contribution >= 4 is 39.9 Å². The second-order valence-corrected chi connectivity index (χ2v) is 6.97. The van der Waals surface area contributed by atoms with Gasteiger partial charge in [-0.15, -0.1) is 0 Å². The molecule has 0 aliphatic carbocycles. The molecule has 1 N–H and O–H groups in total. The summed E-state index contributed by atoms with van der Waals surface area (Å²) in [5.74, 6) is 0. The predicted octanol–water partition coefficient (Wildman–Crippen LogP) is 4.49. The maximum atomic E-state index is 6.44. The lowest BCUT2D eigenvalue weighted by atomic mass is 10.1. The van der Waals surface area contributed by atoms with Gasteiger partial charge in [-0.25, -0.2) is 0 Å². The van der Waals surface area contributed by atoms with Crippen molar-refractivity contribution in [1.82, 2.24) is 5.32 Å². The number of halogens is 2. The Balaban J connectivity index is 1.85. The van der Waals surface area contributed by atoms with E-state index in [1.807, 2.05) is 6.07 Å². The number of hydrogen-bond donors (Lipinski definition) is 1. The molecule has 1 heterocycles. The molecule has 0 bridgehead atoms. The maximum Gasteiger partial charge on any atom is 0.0650 e. The third-order valence-corrected chi connectivity index (χ3v) is 4.82. The smallest absolute Gasteiger partial charge is 0.0650 e. The topological polar surface area (TPSA) is 15.3 Å². The van der Waals surface area contributed by atoms with Crippen LogP contribution < -0.4 is 10.2 Å². The van der Waals surface area contributed by atoms with Crippen molar-refractivity contribution in [3.63, 3.8) is 0 Å². The van der Waals surface area contributed by atoms with Gasteiger partial charge in [-0.3, -0.25) is 0 Å². The highest BCUT2D eigenvalue weighted by Crippen LogP contribution is 2.30. The minimum Gasteiger partial charge on any atom is -0.368 e. The Kier molecular flexibility index (Phi) is 5.03. The summed E-state index contributed by atoms with van der Waals surface area (Å²) >= 11 is 8.74. The number of anilines is 1. The molecule has 0 spiro atoms. The Labute approximate surface area is 144 Å². The van der Waals surface area contributed by atoms with E-state index < -0.39 is 0 Å². The van der Waals surface area contributed by atoms with Gasteiger partial charge < -0.3 is 10.2 Å². The fourth-order valence-electron chi connectivity index (χ4n) is 2.79. The van der Waals surface area contributed by atoms with Crippen molar-refractivity contribution in [2.75, 3.05) is 24.5 Å². The molecule has 4 heteroatoms. The highest BCUT2D eigenvalue weighted by molar-refractivity contribution is 14.1. The highest BCUT2D eigenvalue weighted by atomic mass is 127. The standard InChI is InChI=1S/C17H18ClIN2/c18-15-11-14(19)7-8-17(15)21-10-4-9-20-16(12-21)13-5-2-1-3-6-13/h1-3,5-8,11,16,20H,4,9-10,12H2. The van der Waals surface area contributed by atoms with Crippen LogP contribution >= 0.6 is 34.2 Å². The molecule has 1 unspecified atom stereocenters. The lowest BCUT2D eigenvalue weighted by Gasteiger charge is -2.27. The summed E-state index contributed by atoms with van der Waals surface area (Å²) < 4.78 is 1.17. The summed E-state index contributed by atoms with van der Waals surface area (Å²) in [6, 6.07) is 17.3. The van der Waals surface area contributed by atoms with Crippen LogP contribution in [-0.4, -0.2) is 19.6 Å². The third kappa shape index (κ3) is 3.71. The zero-order valence-electron chi connectivity index (χ0n) is 11.7. The first-order valence-electron chi connectivity index (χ1n) is 7.22. The molecule has 0 aromatic heterocycles. The zero-order chi connectivity index (χ0) is 14.7. The summed E-state index contributed by atoms with van der Waals surface area (Å²) in [5, 5.41) is 4.49. The monoisotopic (exact) mass is 412 g/mol. The molecular formula is C17H18ClIN2. The molecule has 0 amide bonds. The summed E-state index contributed by atoms with van der Waals surface area (Å²) in [5.41, 5.74) is 2.48. The van der Waals surface area contributed by atoms with Crippen molar-refractivity contribution in [2.45, 2.75) is 12.5 Å². The van der Waals surface area contributed by atoms with E-state index in [0.717, 1.165) is 36.8 Å². The van der Waals surface area contributed by atoms with Crippen molar-refractivity contribution in [3.8, 4) is 0 Å². The summed E-state index contributed by atoms with van der Waals surface area (Å²) in [6.07, 6.45) is 1.13. The number of rotatable bonds is 2. The molecule has 0 saturated carbocycles. The van der Waals surface area contributed by atoms with Gasteiger partial charge in [0.05, 0.1) is 10.7 Å². The largest absolute Gasteiger partial charge is 0.368 e. The van der Waals surface area contributed by atoms with Gasteiger partial charge in [-0.2, -0.15) is 0 Å². The van der Waals surface area contributed by atoms with Crippen molar-refractivity contribution in [2.24, 2.45) is 0 Å². The van der Waals surface area contributed by atoms with Gasteiger partial charge in [-0.05, 0) is 59.3 Å². The fraction of sp³-hybridized carbons (Fsp3) is 0.294. The van der Waals surface area contributed by atoms with Gasteiger partial charge >= 0.3 is 0 Å². The van der Waals surface area contributed by atoms with Gasteiger partial charge in [0.2, 0.25) is 0 Å². The second-order valence-electron chi connectivity index (χ2n) is 5.31. The molecule has 1 fully saturated rings. The minimum atomic E-state index is 0.351. The van der Waals surface area contributed by atoms with Crippen LogP contribution in [0.15, 0.2) is 48.5 Å². The SMILES string of the molecule is Clc1cc(I)ccc1N1CCCNC(c2ccccc2)C1. The first kappa shape index (κ1) is 15.1. The van der Waals surface area contributed by atoms with Gasteiger partial charge in [0.15, 0.2) is 0 Å². The first-order valence-corrected chi connectivity index (χ1v) is 8.68. The number of hydrogen-bond acceptors (Lipinski definition) is 2. The van der Waals surface area contributed by atoms with Crippen LogP contribution in [0.25, 0.3) is 0 Å². The molecule has 21 heavy (non-hydrogen) atoms. The number of nitrogens with one attached hydrogen (secondary N) is 1. The van der Waals surface area contributed by atoms with Crippen LogP contribution in [0.2, 0.25) is 5.02 Å². The Morgan fingerprint density at radius 2 is 1.95 bits per heavy atom. The van der Waals surface area contributed by atoms with Crippen LogP contribution in [0.1, 0.15) is 18.0 Å². The number of benzene rings is 2. The zero-order valence-corrected chi connectivity index (χ0v) is 14.6. The first-order chi connectivity index (χ1) is 10.2. The summed E-state index contributed by atoms with van der Waals surface area (Å²) in [6.45, 7) is 3.03. The normalized spacial score (nSPS) is 19.3. The molecule has 1 aliphatic heterocycles. The lowest BCUT2D eigenvalue weighted by Crippen LogP contribution is -2.31. The van der Waals surface area contributed by atoms with Crippen LogP contribution in [0.3, 0.4) is 0 Å².